The molecule has 4 aromatic rings. The Labute approximate surface area is 225 Å². The second kappa shape index (κ2) is 11.7. The summed E-state index contributed by atoms with van der Waals surface area (Å²) >= 11 is 0. The molecule has 0 fully saturated rings. The normalized spacial score (nSPS) is 11.8. The van der Waals surface area contributed by atoms with Gasteiger partial charge in [-0.2, -0.15) is 4.98 Å². The summed E-state index contributed by atoms with van der Waals surface area (Å²) in [5.41, 5.74) is 2.47. The molecule has 0 bridgehead atoms. The Morgan fingerprint density at radius 2 is 1.79 bits per heavy atom. The first-order valence-electron chi connectivity index (χ1n) is 12.3. The topological polar surface area (TPSA) is 115 Å². The lowest BCUT2D eigenvalue weighted by molar-refractivity contribution is 0.102. The van der Waals surface area contributed by atoms with Crippen LogP contribution in [0, 0.1) is 0 Å². The Bertz CT molecular complexity index is 1450. The molecule has 5 rings (SSSR count). The minimum atomic E-state index is -0.311. The predicted molar refractivity (Wildman–Crippen MR) is 142 cm³/mol. The van der Waals surface area contributed by atoms with E-state index in [0.717, 1.165) is 11.3 Å². The Kier molecular flexibility index (Phi) is 7.78. The number of nitrogens with one attached hydrogen (secondary N) is 1. The van der Waals surface area contributed by atoms with Gasteiger partial charge >= 0.3 is 6.01 Å². The SMILES string of the molecule is CCOCCOc1nc(-c2ccc3c(c2)OCO3)n(-c2ccc(NC(=O)c3ccc(OC)cc3OC)cc2)n1. The minimum absolute atomic E-state index is 0.173. The summed E-state index contributed by atoms with van der Waals surface area (Å²) in [6, 6.07) is 18.0. The number of fused-ring (bicyclic) bond motifs is 1. The summed E-state index contributed by atoms with van der Waals surface area (Å²) in [5.74, 6) is 2.56. The van der Waals surface area contributed by atoms with Gasteiger partial charge < -0.3 is 33.7 Å². The van der Waals surface area contributed by atoms with E-state index in [4.69, 9.17) is 28.4 Å². The summed E-state index contributed by atoms with van der Waals surface area (Å²) in [6.07, 6.45) is 0. The number of rotatable bonds is 11. The van der Waals surface area contributed by atoms with Crippen LogP contribution >= 0.6 is 0 Å². The molecule has 2 heterocycles. The number of nitrogens with zero attached hydrogens (tertiary/aromatic N) is 3. The summed E-state index contributed by atoms with van der Waals surface area (Å²) in [6.45, 7) is 3.44. The summed E-state index contributed by atoms with van der Waals surface area (Å²) in [7, 11) is 3.06. The van der Waals surface area contributed by atoms with E-state index in [9.17, 15) is 4.79 Å². The van der Waals surface area contributed by atoms with Crippen LogP contribution in [0.1, 0.15) is 17.3 Å². The third kappa shape index (κ3) is 5.73. The molecule has 11 heteroatoms. The Balaban J connectivity index is 1.39. The Hall–Kier alpha value is -4.77. The zero-order valence-corrected chi connectivity index (χ0v) is 21.8. The van der Waals surface area contributed by atoms with Gasteiger partial charge in [-0.1, -0.05) is 0 Å². The number of hydrogen-bond acceptors (Lipinski definition) is 9. The van der Waals surface area contributed by atoms with E-state index in [0.29, 0.717) is 59.9 Å². The first-order valence-corrected chi connectivity index (χ1v) is 12.3. The Morgan fingerprint density at radius 1 is 0.974 bits per heavy atom. The van der Waals surface area contributed by atoms with E-state index in [-0.39, 0.29) is 18.7 Å². The van der Waals surface area contributed by atoms with Crippen LogP contribution in [0.2, 0.25) is 0 Å². The molecular formula is C28H28N4O7. The molecule has 3 aromatic carbocycles. The molecule has 0 spiro atoms. The van der Waals surface area contributed by atoms with Crippen molar-refractivity contribution in [3.8, 4) is 46.1 Å². The van der Waals surface area contributed by atoms with Crippen LogP contribution in [0.4, 0.5) is 5.69 Å². The highest BCUT2D eigenvalue weighted by Crippen LogP contribution is 2.36. The fraction of sp³-hybridized carbons (Fsp3) is 0.250. The zero-order chi connectivity index (χ0) is 27.2. The molecule has 1 aromatic heterocycles. The number of carbonyl (C=O) groups is 1. The predicted octanol–water partition coefficient (Wildman–Crippen LogP) is 4.35. The van der Waals surface area contributed by atoms with Crippen LogP contribution in [0.3, 0.4) is 0 Å². The lowest BCUT2D eigenvalue weighted by Crippen LogP contribution is -2.13. The quantitative estimate of drug-likeness (QED) is 0.282. The molecule has 1 aliphatic rings. The number of benzene rings is 3. The molecule has 0 atom stereocenters. The van der Waals surface area contributed by atoms with Crippen molar-refractivity contribution in [1.29, 1.82) is 0 Å². The summed E-state index contributed by atoms with van der Waals surface area (Å²) in [4.78, 5) is 17.5. The molecule has 1 aliphatic heterocycles. The molecular weight excluding hydrogens is 504 g/mol. The van der Waals surface area contributed by atoms with Crippen LogP contribution in [0.5, 0.6) is 29.0 Å². The molecule has 0 saturated heterocycles. The molecule has 202 valence electrons. The highest BCUT2D eigenvalue weighted by Gasteiger charge is 2.20. The highest BCUT2D eigenvalue weighted by molar-refractivity contribution is 6.06. The number of aromatic nitrogens is 3. The number of methoxy groups -OCH3 is 2. The monoisotopic (exact) mass is 532 g/mol. The maximum Gasteiger partial charge on any atom is 0.336 e. The van der Waals surface area contributed by atoms with Crippen molar-refractivity contribution in [3.05, 3.63) is 66.2 Å². The van der Waals surface area contributed by atoms with E-state index >= 15 is 0 Å². The van der Waals surface area contributed by atoms with Gasteiger partial charge in [-0.3, -0.25) is 4.79 Å². The number of anilines is 1. The van der Waals surface area contributed by atoms with Crippen molar-refractivity contribution >= 4 is 11.6 Å². The average Bonchev–Trinajstić information content (AvgIpc) is 3.62. The molecule has 39 heavy (non-hydrogen) atoms. The van der Waals surface area contributed by atoms with Crippen molar-refractivity contribution in [2.24, 2.45) is 0 Å². The summed E-state index contributed by atoms with van der Waals surface area (Å²) in [5, 5.41) is 7.46. The van der Waals surface area contributed by atoms with Crippen LogP contribution in [0.25, 0.3) is 17.1 Å². The molecule has 0 saturated carbocycles. The van der Waals surface area contributed by atoms with Gasteiger partial charge in [-0.15, -0.1) is 5.10 Å². The molecule has 0 radical (unpaired) electrons. The van der Waals surface area contributed by atoms with Crippen LogP contribution < -0.4 is 29.0 Å². The Morgan fingerprint density at radius 3 is 2.56 bits per heavy atom. The van der Waals surface area contributed by atoms with E-state index in [2.05, 4.69) is 15.4 Å². The smallest absolute Gasteiger partial charge is 0.336 e. The molecule has 0 unspecified atom stereocenters. The van der Waals surface area contributed by atoms with Crippen molar-refractivity contribution in [1.82, 2.24) is 14.8 Å². The van der Waals surface area contributed by atoms with Gasteiger partial charge in [0, 0.05) is 23.9 Å². The first kappa shape index (κ1) is 25.9. The van der Waals surface area contributed by atoms with E-state index in [1.54, 1.807) is 42.1 Å². The minimum Gasteiger partial charge on any atom is -0.497 e. The zero-order valence-electron chi connectivity index (χ0n) is 21.8. The number of carbonyl (C=O) groups excluding carboxylic acids is 1. The average molecular weight is 533 g/mol. The lowest BCUT2D eigenvalue weighted by Gasteiger charge is -2.11. The largest absolute Gasteiger partial charge is 0.497 e. The second-order valence-corrected chi connectivity index (χ2v) is 8.31. The van der Waals surface area contributed by atoms with Crippen molar-refractivity contribution in [3.63, 3.8) is 0 Å². The van der Waals surface area contributed by atoms with E-state index in [1.807, 2.05) is 37.3 Å². The van der Waals surface area contributed by atoms with Gasteiger partial charge in [-0.25, -0.2) is 4.68 Å². The van der Waals surface area contributed by atoms with Gasteiger partial charge in [0.05, 0.1) is 32.1 Å². The van der Waals surface area contributed by atoms with Crippen LogP contribution in [0.15, 0.2) is 60.7 Å². The van der Waals surface area contributed by atoms with Gasteiger partial charge in [0.15, 0.2) is 17.3 Å². The number of hydrogen-bond donors (Lipinski definition) is 1. The molecule has 1 N–H and O–H groups in total. The second-order valence-electron chi connectivity index (χ2n) is 8.31. The van der Waals surface area contributed by atoms with Gasteiger partial charge in [-0.05, 0) is 61.5 Å². The fourth-order valence-electron chi connectivity index (χ4n) is 3.96. The van der Waals surface area contributed by atoms with Crippen LogP contribution in [-0.2, 0) is 4.74 Å². The van der Waals surface area contributed by atoms with Gasteiger partial charge in [0.2, 0.25) is 6.79 Å². The van der Waals surface area contributed by atoms with Gasteiger partial charge in [0.1, 0.15) is 18.1 Å². The molecule has 1 amide bonds. The molecule has 11 nitrogen and oxygen atoms in total. The maximum atomic E-state index is 12.9. The summed E-state index contributed by atoms with van der Waals surface area (Å²) < 4.78 is 34.3. The highest BCUT2D eigenvalue weighted by atomic mass is 16.7. The van der Waals surface area contributed by atoms with Crippen molar-refractivity contribution in [2.75, 3.05) is 46.1 Å². The first-order chi connectivity index (χ1) is 19.1. The van der Waals surface area contributed by atoms with E-state index < -0.39 is 0 Å². The van der Waals surface area contributed by atoms with E-state index in [1.165, 1.54) is 7.11 Å². The van der Waals surface area contributed by atoms with Crippen molar-refractivity contribution < 1.29 is 33.2 Å². The molecule has 0 aliphatic carbocycles. The number of ether oxygens (including phenoxy) is 6. The fourth-order valence-corrected chi connectivity index (χ4v) is 3.96. The lowest BCUT2D eigenvalue weighted by atomic mass is 10.1. The number of amides is 1. The third-order valence-electron chi connectivity index (χ3n) is 5.90. The van der Waals surface area contributed by atoms with Gasteiger partial charge in [0.25, 0.3) is 5.91 Å². The maximum absolute atomic E-state index is 12.9. The third-order valence-corrected chi connectivity index (χ3v) is 5.90. The standard InChI is InChI=1S/C28H28N4O7/c1-4-36-13-14-37-28-30-26(18-5-12-23-25(15-18)39-17-38-23)32(31-28)20-8-6-19(7-9-20)29-27(33)22-11-10-21(34-2)16-24(22)35-3/h5-12,15-16H,4,13-14,17H2,1-3H3,(H,29,33). The van der Waals surface area contributed by atoms with Crippen molar-refractivity contribution in [2.45, 2.75) is 6.92 Å². The van der Waals surface area contributed by atoms with Crippen LogP contribution in [-0.4, -0.2) is 61.5 Å².